The number of amides is 1. The number of carboxylic acids is 1. The highest BCUT2D eigenvalue weighted by Gasteiger charge is 2.60. The second kappa shape index (κ2) is 7.41. The van der Waals surface area contributed by atoms with E-state index in [0.29, 0.717) is 24.8 Å². The molecule has 5 nitrogen and oxygen atoms in total. The summed E-state index contributed by atoms with van der Waals surface area (Å²) in [5.41, 5.74) is 1.24. The summed E-state index contributed by atoms with van der Waals surface area (Å²) in [6.07, 6.45) is 8.16. The lowest BCUT2D eigenvalue weighted by molar-refractivity contribution is -0.149. The largest absolute Gasteiger partial charge is 0.497 e. The summed E-state index contributed by atoms with van der Waals surface area (Å²) in [6.45, 7) is 0.582. The van der Waals surface area contributed by atoms with Crippen molar-refractivity contribution in [3.8, 4) is 5.75 Å². The third-order valence-electron chi connectivity index (χ3n) is 7.35. The lowest BCUT2D eigenvalue weighted by Crippen LogP contribution is -2.59. The summed E-state index contributed by atoms with van der Waals surface area (Å²) in [5, 5.41) is 11.9. The van der Waals surface area contributed by atoms with E-state index >= 15 is 0 Å². The van der Waals surface area contributed by atoms with Crippen LogP contribution in [-0.4, -0.2) is 30.6 Å². The first-order chi connectivity index (χ1) is 13.4. The standard InChI is InChI=1S/C23H31NO4/c1-28-19-7-5-18(6-8-19)22-11-16-10-17(12-22)14-23(13-16,15-22)21(27)24-9-3-2-4-20(25)26/h5-8,16-17H,2-4,9-15H2,1H3,(H,24,27)(H,25,26). The summed E-state index contributed by atoms with van der Waals surface area (Å²) in [7, 11) is 1.69. The maximum atomic E-state index is 13.2. The summed E-state index contributed by atoms with van der Waals surface area (Å²) in [6, 6.07) is 8.49. The van der Waals surface area contributed by atoms with Crippen LogP contribution in [0.4, 0.5) is 0 Å². The van der Waals surface area contributed by atoms with E-state index in [9.17, 15) is 9.59 Å². The number of hydrogen-bond donors (Lipinski definition) is 2. The minimum atomic E-state index is -0.770. The first-order valence-corrected chi connectivity index (χ1v) is 10.6. The van der Waals surface area contributed by atoms with Crippen LogP contribution >= 0.6 is 0 Å². The predicted octanol–water partition coefficient (Wildman–Crippen LogP) is 3.90. The second-order valence-electron chi connectivity index (χ2n) is 9.36. The van der Waals surface area contributed by atoms with Gasteiger partial charge in [-0.2, -0.15) is 0 Å². The molecule has 0 radical (unpaired) electrons. The van der Waals surface area contributed by atoms with Gasteiger partial charge in [0.05, 0.1) is 12.5 Å². The second-order valence-corrected chi connectivity index (χ2v) is 9.36. The number of nitrogens with one attached hydrogen (secondary N) is 1. The maximum absolute atomic E-state index is 13.2. The van der Waals surface area contributed by atoms with E-state index in [0.717, 1.165) is 31.4 Å². The fraction of sp³-hybridized carbons (Fsp3) is 0.652. The van der Waals surface area contributed by atoms with Gasteiger partial charge in [-0.15, -0.1) is 0 Å². The summed E-state index contributed by atoms with van der Waals surface area (Å²) >= 11 is 0. The fourth-order valence-corrected chi connectivity index (χ4v) is 6.60. The summed E-state index contributed by atoms with van der Waals surface area (Å²) in [5.74, 6) is 1.59. The molecule has 4 aliphatic rings. The monoisotopic (exact) mass is 385 g/mol. The van der Waals surface area contributed by atoms with Crippen LogP contribution in [0, 0.1) is 17.3 Å². The molecule has 0 aliphatic heterocycles. The number of aliphatic carboxylic acids is 1. The highest BCUT2D eigenvalue weighted by atomic mass is 16.5. The van der Waals surface area contributed by atoms with Crippen LogP contribution in [0.25, 0.3) is 0 Å². The minimum Gasteiger partial charge on any atom is -0.497 e. The van der Waals surface area contributed by atoms with Gasteiger partial charge >= 0.3 is 5.97 Å². The van der Waals surface area contributed by atoms with E-state index in [1.54, 1.807) is 7.11 Å². The lowest BCUT2D eigenvalue weighted by Gasteiger charge is -2.61. The van der Waals surface area contributed by atoms with Crippen molar-refractivity contribution in [3.63, 3.8) is 0 Å². The van der Waals surface area contributed by atoms with Crippen LogP contribution in [0.3, 0.4) is 0 Å². The molecule has 4 aliphatic carbocycles. The van der Waals surface area contributed by atoms with Crippen molar-refractivity contribution in [1.82, 2.24) is 5.32 Å². The number of rotatable bonds is 8. The van der Waals surface area contributed by atoms with Crippen molar-refractivity contribution >= 4 is 11.9 Å². The van der Waals surface area contributed by atoms with Gasteiger partial charge in [-0.05, 0) is 86.3 Å². The molecule has 1 amide bonds. The maximum Gasteiger partial charge on any atom is 0.303 e. The Morgan fingerprint density at radius 2 is 1.79 bits per heavy atom. The Hall–Kier alpha value is -2.04. The van der Waals surface area contributed by atoms with Gasteiger partial charge in [0, 0.05) is 13.0 Å². The van der Waals surface area contributed by atoms with Crippen LogP contribution in [0.15, 0.2) is 24.3 Å². The molecule has 2 N–H and O–H groups in total. The van der Waals surface area contributed by atoms with Crippen molar-refractivity contribution in [3.05, 3.63) is 29.8 Å². The van der Waals surface area contributed by atoms with E-state index < -0.39 is 5.97 Å². The van der Waals surface area contributed by atoms with Gasteiger partial charge in [0.25, 0.3) is 0 Å². The van der Waals surface area contributed by atoms with Crippen molar-refractivity contribution in [2.75, 3.05) is 13.7 Å². The number of carbonyl (C=O) groups is 2. The normalized spacial score (nSPS) is 32.9. The first kappa shape index (κ1) is 19.3. The van der Waals surface area contributed by atoms with Gasteiger partial charge < -0.3 is 15.2 Å². The number of hydrogen-bond acceptors (Lipinski definition) is 3. The molecule has 0 saturated heterocycles. The Morgan fingerprint density at radius 1 is 1.11 bits per heavy atom. The predicted molar refractivity (Wildman–Crippen MR) is 106 cm³/mol. The fourth-order valence-electron chi connectivity index (χ4n) is 6.60. The molecule has 2 unspecified atom stereocenters. The quantitative estimate of drug-likeness (QED) is 0.666. The number of methoxy groups -OCH3 is 1. The molecule has 4 saturated carbocycles. The molecule has 4 fully saturated rings. The van der Waals surface area contributed by atoms with Crippen molar-refractivity contribution in [2.24, 2.45) is 17.3 Å². The van der Waals surface area contributed by atoms with Crippen LogP contribution in [-0.2, 0) is 15.0 Å². The Kier molecular flexibility index (Phi) is 5.11. The molecular formula is C23H31NO4. The van der Waals surface area contributed by atoms with Crippen LogP contribution < -0.4 is 10.1 Å². The average molecular weight is 386 g/mol. The molecule has 152 valence electrons. The molecule has 5 rings (SSSR count). The van der Waals surface area contributed by atoms with Crippen molar-refractivity contribution < 1.29 is 19.4 Å². The Bertz CT molecular complexity index is 727. The van der Waals surface area contributed by atoms with Gasteiger partial charge in [0.15, 0.2) is 0 Å². The summed E-state index contributed by atoms with van der Waals surface area (Å²) < 4.78 is 5.32. The average Bonchev–Trinajstić information content (AvgIpc) is 2.66. The minimum absolute atomic E-state index is 0.122. The first-order valence-electron chi connectivity index (χ1n) is 10.6. The molecule has 0 aromatic heterocycles. The zero-order chi connectivity index (χ0) is 19.8. The molecule has 2 atom stereocenters. The zero-order valence-electron chi connectivity index (χ0n) is 16.7. The Balaban J connectivity index is 1.47. The van der Waals surface area contributed by atoms with E-state index in [2.05, 4.69) is 17.4 Å². The lowest BCUT2D eigenvalue weighted by atomic mass is 9.42. The van der Waals surface area contributed by atoms with Crippen molar-refractivity contribution in [1.29, 1.82) is 0 Å². The Labute approximate surface area is 166 Å². The van der Waals surface area contributed by atoms with Crippen LogP contribution in [0.1, 0.15) is 63.4 Å². The van der Waals surface area contributed by atoms with E-state index in [1.807, 2.05) is 12.1 Å². The number of carboxylic acid groups (broad SMARTS) is 1. The van der Waals surface area contributed by atoms with Gasteiger partial charge in [-0.3, -0.25) is 9.59 Å². The highest BCUT2D eigenvalue weighted by Crippen LogP contribution is 2.65. The molecule has 28 heavy (non-hydrogen) atoms. The van der Waals surface area contributed by atoms with E-state index in [1.165, 1.54) is 24.8 Å². The van der Waals surface area contributed by atoms with E-state index in [4.69, 9.17) is 9.84 Å². The SMILES string of the molecule is COc1ccc(C23CC4CC(CC(C(=O)NCCCCC(=O)O)(C4)C2)C3)cc1. The third-order valence-corrected chi connectivity index (χ3v) is 7.35. The van der Waals surface area contributed by atoms with Gasteiger partial charge in [0.2, 0.25) is 5.91 Å². The third kappa shape index (κ3) is 3.51. The number of carbonyl (C=O) groups excluding carboxylic acids is 1. The van der Waals surface area contributed by atoms with Crippen molar-refractivity contribution in [2.45, 2.75) is 63.2 Å². The number of unbranched alkanes of at least 4 members (excludes halogenated alkanes) is 1. The summed E-state index contributed by atoms with van der Waals surface area (Å²) in [4.78, 5) is 23.9. The number of ether oxygens (including phenoxy) is 1. The van der Waals surface area contributed by atoms with E-state index in [-0.39, 0.29) is 23.2 Å². The molecular weight excluding hydrogens is 354 g/mol. The zero-order valence-corrected chi connectivity index (χ0v) is 16.7. The smallest absolute Gasteiger partial charge is 0.303 e. The molecule has 0 spiro atoms. The van der Waals surface area contributed by atoms with Gasteiger partial charge in [-0.1, -0.05) is 12.1 Å². The Morgan fingerprint density at radius 3 is 2.39 bits per heavy atom. The highest BCUT2D eigenvalue weighted by molar-refractivity contribution is 5.83. The topological polar surface area (TPSA) is 75.6 Å². The van der Waals surface area contributed by atoms with Gasteiger partial charge in [-0.25, -0.2) is 0 Å². The molecule has 1 aromatic rings. The molecule has 0 heterocycles. The number of benzene rings is 1. The van der Waals surface area contributed by atoms with Crippen LogP contribution in [0.5, 0.6) is 5.75 Å². The molecule has 5 heteroatoms. The molecule has 1 aromatic carbocycles. The molecule has 4 bridgehead atoms. The van der Waals surface area contributed by atoms with Gasteiger partial charge in [0.1, 0.15) is 5.75 Å². The van der Waals surface area contributed by atoms with Crippen LogP contribution in [0.2, 0.25) is 0 Å².